The summed E-state index contributed by atoms with van der Waals surface area (Å²) in [5, 5.41) is 15.0. The number of fused-ring (bicyclic) bond motifs is 1. The lowest BCUT2D eigenvalue weighted by atomic mass is 10.1. The maximum atomic E-state index is 4.27. The molecule has 21 heavy (non-hydrogen) atoms. The third kappa shape index (κ3) is 2.89. The molecule has 0 spiro atoms. The SMILES string of the molecule is C[C@H]1CC(NCCn2cnnc2C2CC2)c2ccsc2S1. The van der Waals surface area contributed by atoms with Crippen LogP contribution < -0.4 is 5.32 Å². The molecule has 0 amide bonds. The first-order chi connectivity index (χ1) is 10.3. The first-order valence-electron chi connectivity index (χ1n) is 7.66. The number of hydrogen-bond donors (Lipinski definition) is 1. The number of aromatic nitrogens is 3. The number of rotatable bonds is 5. The van der Waals surface area contributed by atoms with Crippen molar-refractivity contribution in [1.29, 1.82) is 0 Å². The molecule has 0 bridgehead atoms. The van der Waals surface area contributed by atoms with Gasteiger partial charge in [0.15, 0.2) is 0 Å². The van der Waals surface area contributed by atoms with Gasteiger partial charge in [0.2, 0.25) is 0 Å². The van der Waals surface area contributed by atoms with Gasteiger partial charge in [0, 0.05) is 30.3 Å². The minimum Gasteiger partial charge on any atom is -0.316 e. The zero-order valence-electron chi connectivity index (χ0n) is 12.2. The molecular weight excluding hydrogens is 300 g/mol. The monoisotopic (exact) mass is 320 g/mol. The van der Waals surface area contributed by atoms with Gasteiger partial charge in [-0.05, 0) is 36.3 Å². The Labute approximate surface area is 133 Å². The Bertz CT molecular complexity index is 617. The molecule has 1 unspecified atom stereocenters. The summed E-state index contributed by atoms with van der Waals surface area (Å²) < 4.78 is 3.72. The second-order valence-electron chi connectivity index (χ2n) is 5.99. The molecule has 6 heteroatoms. The summed E-state index contributed by atoms with van der Waals surface area (Å²) in [6.07, 6.45) is 5.65. The Morgan fingerprint density at radius 2 is 2.33 bits per heavy atom. The van der Waals surface area contributed by atoms with Gasteiger partial charge in [-0.3, -0.25) is 0 Å². The van der Waals surface area contributed by atoms with Crippen LogP contribution in [-0.2, 0) is 6.54 Å². The zero-order valence-corrected chi connectivity index (χ0v) is 13.8. The van der Waals surface area contributed by atoms with Crippen LogP contribution in [0.5, 0.6) is 0 Å². The van der Waals surface area contributed by atoms with Crippen molar-refractivity contribution < 1.29 is 0 Å². The number of nitrogens with one attached hydrogen (secondary N) is 1. The molecule has 1 aliphatic heterocycles. The molecule has 4 nitrogen and oxygen atoms in total. The number of hydrogen-bond acceptors (Lipinski definition) is 5. The molecule has 3 heterocycles. The van der Waals surface area contributed by atoms with E-state index in [0.29, 0.717) is 17.2 Å². The smallest absolute Gasteiger partial charge is 0.135 e. The number of thiophene rings is 1. The van der Waals surface area contributed by atoms with Gasteiger partial charge in [-0.25, -0.2) is 0 Å². The van der Waals surface area contributed by atoms with E-state index in [2.05, 4.69) is 38.5 Å². The Balaban J connectivity index is 1.38. The van der Waals surface area contributed by atoms with Gasteiger partial charge in [-0.15, -0.1) is 33.3 Å². The standard InChI is InChI=1S/C15H20N4S2/c1-10-8-13(12-4-7-20-15(12)21-10)16-5-6-19-9-17-18-14(19)11-2-3-11/h4,7,9-11,13,16H,2-3,5-6,8H2,1H3/t10-,13?/m0/s1. The molecule has 1 saturated carbocycles. The second kappa shape index (κ2) is 5.74. The van der Waals surface area contributed by atoms with Gasteiger partial charge in [-0.2, -0.15) is 0 Å². The molecule has 2 atom stereocenters. The highest BCUT2D eigenvalue weighted by Gasteiger charge is 2.29. The highest BCUT2D eigenvalue weighted by atomic mass is 32.2. The lowest BCUT2D eigenvalue weighted by molar-refractivity contribution is 0.465. The maximum absolute atomic E-state index is 4.27. The van der Waals surface area contributed by atoms with Crippen molar-refractivity contribution in [2.45, 2.75) is 54.1 Å². The van der Waals surface area contributed by atoms with Crippen LogP contribution in [0.4, 0.5) is 0 Å². The van der Waals surface area contributed by atoms with E-state index in [0.717, 1.165) is 13.1 Å². The van der Waals surface area contributed by atoms with Gasteiger partial charge in [0.05, 0.1) is 4.21 Å². The number of thioether (sulfide) groups is 1. The van der Waals surface area contributed by atoms with Gasteiger partial charge in [0.25, 0.3) is 0 Å². The van der Waals surface area contributed by atoms with Crippen LogP contribution in [0.25, 0.3) is 0 Å². The zero-order chi connectivity index (χ0) is 14.2. The lowest BCUT2D eigenvalue weighted by Gasteiger charge is -2.27. The highest BCUT2D eigenvalue weighted by Crippen LogP contribution is 2.43. The Hall–Kier alpha value is -0.850. The molecule has 2 aromatic rings. The molecule has 2 aliphatic rings. The van der Waals surface area contributed by atoms with Crippen molar-refractivity contribution in [1.82, 2.24) is 20.1 Å². The van der Waals surface area contributed by atoms with Gasteiger partial charge in [0.1, 0.15) is 12.2 Å². The van der Waals surface area contributed by atoms with Crippen LogP contribution in [0.2, 0.25) is 0 Å². The average Bonchev–Trinajstić information content (AvgIpc) is 3.01. The summed E-state index contributed by atoms with van der Waals surface area (Å²) in [4.78, 5) is 0. The first kappa shape index (κ1) is 13.8. The largest absolute Gasteiger partial charge is 0.316 e. The van der Waals surface area contributed by atoms with E-state index < -0.39 is 0 Å². The van der Waals surface area contributed by atoms with Crippen molar-refractivity contribution >= 4 is 23.1 Å². The van der Waals surface area contributed by atoms with Crippen LogP contribution in [0.15, 0.2) is 22.0 Å². The fourth-order valence-corrected chi connectivity index (χ4v) is 5.56. The summed E-state index contributed by atoms with van der Waals surface area (Å²) in [6, 6.07) is 2.79. The van der Waals surface area contributed by atoms with Crippen molar-refractivity contribution in [3.05, 3.63) is 29.2 Å². The minimum absolute atomic E-state index is 0.503. The average molecular weight is 320 g/mol. The Morgan fingerprint density at radius 3 is 3.19 bits per heavy atom. The van der Waals surface area contributed by atoms with E-state index in [4.69, 9.17) is 0 Å². The Kier molecular flexibility index (Phi) is 3.77. The summed E-state index contributed by atoms with van der Waals surface area (Å²) in [7, 11) is 0. The highest BCUT2D eigenvalue weighted by molar-refractivity contribution is 8.01. The predicted molar refractivity (Wildman–Crippen MR) is 87.0 cm³/mol. The van der Waals surface area contributed by atoms with E-state index in [-0.39, 0.29) is 0 Å². The van der Waals surface area contributed by atoms with E-state index in [1.807, 2.05) is 29.4 Å². The minimum atomic E-state index is 0.503. The Morgan fingerprint density at radius 1 is 1.43 bits per heavy atom. The van der Waals surface area contributed by atoms with E-state index in [1.165, 1.54) is 34.9 Å². The van der Waals surface area contributed by atoms with Gasteiger partial charge >= 0.3 is 0 Å². The summed E-state index contributed by atoms with van der Waals surface area (Å²) in [6.45, 7) is 4.28. The van der Waals surface area contributed by atoms with Crippen LogP contribution in [0.3, 0.4) is 0 Å². The van der Waals surface area contributed by atoms with Crippen molar-refractivity contribution in [3.8, 4) is 0 Å². The normalized spacial score (nSPS) is 25.0. The predicted octanol–water partition coefficient (Wildman–Crippen LogP) is 3.43. The van der Waals surface area contributed by atoms with Crippen molar-refractivity contribution in [2.75, 3.05) is 6.54 Å². The third-order valence-corrected chi connectivity index (χ3v) is 6.58. The molecule has 1 N–H and O–H groups in total. The number of nitrogens with zero attached hydrogens (tertiary/aromatic N) is 3. The van der Waals surface area contributed by atoms with Crippen LogP contribution >= 0.6 is 23.1 Å². The first-order valence-corrected chi connectivity index (χ1v) is 9.42. The molecule has 0 aromatic carbocycles. The third-order valence-electron chi connectivity index (χ3n) is 4.24. The molecule has 1 fully saturated rings. The quantitative estimate of drug-likeness (QED) is 0.916. The van der Waals surface area contributed by atoms with E-state index >= 15 is 0 Å². The molecule has 4 rings (SSSR count). The molecule has 0 saturated heterocycles. The summed E-state index contributed by atoms with van der Waals surface area (Å²) in [5.74, 6) is 1.85. The van der Waals surface area contributed by atoms with Crippen LogP contribution in [0, 0.1) is 0 Å². The van der Waals surface area contributed by atoms with Crippen molar-refractivity contribution in [3.63, 3.8) is 0 Å². The van der Waals surface area contributed by atoms with Crippen LogP contribution in [-0.4, -0.2) is 26.6 Å². The fraction of sp³-hybridized carbons (Fsp3) is 0.600. The molecule has 112 valence electrons. The van der Waals surface area contributed by atoms with Gasteiger partial charge in [-0.1, -0.05) is 6.92 Å². The second-order valence-corrected chi connectivity index (χ2v) is 8.61. The lowest BCUT2D eigenvalue weighted by Crippen LogP contribution is -2.29. The summed E-state index contributed by atoms with van der Waals surface area (Å²) in [5.41, 5.74) is 1.49. The summed E-state index contributed by atoms with van der Waals surface area (Å²) >= 11 is 3.90. The van der Waals surface area contributed by atoms with Crippen molar-refractivity contribution in [2.24, 2.45) is 0 Å². The molecule has 1 aliphatic carbocycles. The van der Waals surface area contributed by atoms with Gasteiger partial charge < -0.3 is 9.88 Å². The van der Waals surface area contributed by atoms with Crippen LogP contribution in [0.1, 0.15) is 49.5 Å². The topological polar surface area (TPSA) is 42.7 Å². The molecular formula is C15H20N4S2. The van der Waals surface area contributed by atoms with E-state index in [1.54, 1.807) is 0 Å². The molecule has 2 aromatic heterocycles. The fourth-order valence-electron chi connectivity index (χ4n) is 3.00. The van der Waals surface area contributed by atoms with E-state index in [9.17, 15) is 0 Å². The molecule has 0 radical (unpaired) electrons. The maximum Gasteiger partial charge on any atom is 0.135 e.